The summed E-state index contributed by atoms with van der Waals surface area (Å²) in [5.41, 5.74) is 1.15. The zero-order valence-electron chi connectivity index (χ0n) is 10.9. The minimum absolute atomic E-state index is 0.516. The molecule has 1 aromatic rings. The molecule has 0 bridgehead atoms. The zero-order chi connectivity index (χ0) is 13.4. The Bertz CT molecular complexity index is 430. The van der Waals surface area contributed by atoms with Gasteiger partial charge >= 0.3 is 0 Å². The van der Waals surface area contributed by atoms with Gasteiger partial charge in [-0.15, -0.1) is 11.8 Å². The van der Waals surface area contributed by atoms with Crippen LogP contribution in [-0.4, -0.2) is 27.0 Å². The molecule has 0 fully saturated rings. The summed E-state index contributed by atoms with van der Waals surface area (Å²) in [7, 11) is 3.26. The molecule has 1 aromatic carbocycles. The molecule has 0 amide bonds. The lowest BCUT2D eigenvalue weighted by atomic mass is 10.2. The number of hydrogen-bond donors (Lipinski definition) is 1. The fourth-order valence-electron chi connectivity index (χ4n) is 1.60. The second kappa shape index (κ2) is 7.85. The second-order valence-electron chi connectivity index (χ2n) is 3.60. The molecular weight excluding hydrogens is 248 g/mol. The topological polar surface area (TPSA) is 54.3 Å². The first-order valence-electron chi connectivity index (χ1n) is 5.63. The van der Waals surface area contributed by atoms with Crippen molar-refractivity contribution in [1.29, 1.82) is 5.26 Å². The first-order valence-corrected chi connectivity index (χ1v) is 6.85. The van der Waals surface area contributed by atoms with Gasteiger partial charge in [0.25, 0.3) is 0 Å². The number of nitrogens with one attached hydrogen (secondary N) is 1. The molecule has 1 N–H and O–H groups in total. The van der Waals surface area contributed by atoms with E-state index in [0.717, 1.165) is 28.5 Å². The molecule has 0 saturated heterocycles. The highest BCUT2D eigenvalue weighted by atomic mass is 32.2. The molecule has 18 heavy (non-hydrogen) atoms. The van der Waals surface area contributed by atoms with Gasteiger partial charge < -0.3 is 14.8 Å². The summed E-state index contributed by atoms with van der Waals surface area (Å²) < 4.78 is 10.6. The summed E-state index contributed by atoms with van der Waals surface area (Å²) in [6.45, 7) is 1.41. The van der Waals surface area contributed by atoms with Gasteiger partial charge in [0.2, 0.25) is 0 Å². The van der Waals surface area contributed by atoms with Crippen molar-refractivity contribution in [3.63, 3.8) is 0 Å². The maximum atomic E-state index is 8.48. The molecule has 0 aromatic heterocycles. The minimum atomic E-state index is 0.516. The van der Waals surface area contributed by atoms with E-state index in [1.165, 1.54) is 0 Å². The Labute approximate surface area is 112 Å². The summed E-state index contributed by atoms with van der Waals surface area (Å²) >= 11 is 1.67. The number of ether oxygens (including phenoxy) is 2. The van der Waals surface area contributed by atoms with Crippen LogP contribution >= 0.6 is 11.8 Å². The van der Waals surface area contributed by atoms with Gasteiger partial charge in [-0.25, -0.2) is 0 Å². The predicted molar refractivity (Wildman–Crippen MR) is 73.3 cm³/mol. The first kappa shape index (κ1) is 14.7. The van der Waals surface area contributed by atoms with E-state index in [1.54, 1.807) is 26.0 Å². The van der Waals surface area contributed by atoms with Gasteiger partial charge in [0.1, 0.15) is 0 Å². The molecule has 0 aliphatic rings. The Morgan fingerprint density at radius 2 is 1.94 bits per heavy atom. The van der Waals surface area contributed by atoms with Crippen molar-refractivity contribution in [1.82, 2.24) is 5.32 Å². The largest absolute Gasteiger partial charge is 0.493 e. The number of thioether (sulfide) groups is 1. The fraction of sp³-hybridized carbons (Fsp3) is 0.462. The van der Waals surface area contributed by atoms with Crippen LogP contribution in [0.15, 0.2) is 17.0 Å². The molecule has 0 heterocycles. The highest BCUT2D eigenvalue weighted by Crippen LogP contribution is 2.34. The standard InChI is InChI=1S/C13H18N2O2S/c1-16-11-7-10(9-15-6-4-5-14)13(18-3)8-12(11)17-2/h7-8,15H,4,6,9H2,1-3H3. The van der Waals surface area contributed by atoms with Crippen molar-refractivity contribution in [2.45, 2.75) is 17.9 Å². The van der Waals surface area contributed by atoms with Gasteiger partial charge in [-0.3, -0.25) is 0 Å². The monoisotopic (exact) mass is 266 g/mol. The lowest BCUT2D eigenvalue weighted by molar-refractivity contribution is 0.353. The molecule has 0 saturated carbocycles. The first-order chi connectivity index (χ1) is 8.76. The van der Waals surface area contributed by atoms with Crippen LogP contribution in [0.3, 0.4) is 0 Å². The third kappa shape index (κ3) is 3.83. The van der Waals surface area contributed by atoms with Crippen molar-refractivity contribution < 1.29 is 9.47 Å². The SMILES string of the molecule is COc1cc(CNCCC#N)c(SC)cc1OC. The normalized spacial score (nSPS) is 9.89. The molecule has 0 aliphatic carbocycles. The van der Waals surface area contributed by atoms with Crippen LogP contribution in [0.1, 0.15) is 12.0 Å². The molecule has 0 unspecified atom stereocenters. The average Bonchev–Trinajstić information content (AvgIpc) is 2.42. The van der Waals surface area contributed by atoms with Crippen molar-refractivity contribution in [2.24, 2.45) is 0 Å². The highest BCUT2D eigenvalue weighted by molar-refractivity contribution is 7.98. The van der Waals surface area contributed by atoms with E-state index in [4.69, 9.17) is 14.7 Å². The molecule has 0 aliphatic heterocycles. The molecule has 0 spiro atoms. The minimum Gasteiger partial charge on any atom is -0.493 e. The summed E-state index contributed by atoms with van der Waals surface area (Å²) in [6.07, 6.45) is 2.54. The van der Waals surface area contributed by atoms with E-state index in [2.05, 4.69) is 11.4 Å². The van der Waals surface area contributed by atoms with Crippen LogP contribution in [0.4, 0.5) is 0 Å². The Hall–Kier alpha value is -1.38. The van der Waals surface area contributed by atoms with E-state index in [-0.39, 0.29) is 0 Å². The third-order valence-corrected chi connectivity index (χ3v) is 3.34. The zero-order valence-corrected chi connectivity index (χ0v) is 11.8. The maximum absolute atomic E-state index is 8.48. The second-order valence-corrected chi connectivity index (χ2v) is 4.45. The fourth-order valence-corrected chi connectivity index (χ4v) is 2.22. The molecule has 5 heteroatoms. The van der Waals surface area contributed by atoms with Crippen LogP contribution in [-0.2, 0) is 6.54 Å². The van der Waals surface area contributed by atoms with Gasteiger partial charge in [-0.1, -0.05) is 0 Å². The summed E-state index contributed by atoms with van der Waals surface area (Å²) in [6, 6.07) is 6.06. The van der Waals surface area contributed by atoms with Crippen LogP contribution in [0.5, 0.6) is 11.5 Å². The Kier molecular flexibility index (Phi) is 6.40. The molecule has 1 rings (SSSR count). The predicted octanol–water partition coefficient (Wildman–Crippen LogP) is 2.43. The van der Waals surface area contributed by atoms with E-state index < -0.39 is 0 Å². The van der Waals surface area contributed by atoms with Crippen molar-refractivity contribution >= 4 is 11.8 Å². The van der Waals surface area contributed by atoms with Crippen molar-refractivity contribution in [3.05, 3.63) is 17.7 Å². The molecule has 4 nitrogen and oxygen atoms in total. The van der Waals surface area contributed by atoms with E-state index in [9.17, 15) is 0 Å². The van der Waals surface area contributed by atoms with Crippen molar-refractivity contribution in [2.75, 3.05) is 27.0 Å². The maximum Gasteiger partial charge on any atom is 0.161 e. The number of benzene rings is 1. The number of methoxy groups -OCH3 is 2. The van der Waals surface area contributed by atoms with E-state index >= 15 is 0 Å². The Balaban J connectivity index is 2.85. The molecule has 0 atom stereocenters. The van der Waals surface area contributed by atoms with Crippen LogP contribution < -0.4 is 14.8 Å². The van der Waals surface area contributed by atoms with Crippen molar-refractivity contribution in [3.8, 4) is 17.6 Å². The molecule has 98 valence electrons. The third-order valence-electron chi connectivity index (χ3n) is 2.52. The van der Waals surface area contributed by atoms with Gasteiger partial charge in [-0.05, 0) is 24.0 Å². The Morgan fingerprint density at radius 1 is 1.28 bits per heavy atom. The van der Waals surface area contributed by atoms with Crippen LogP contribution in [0, 0.1) is 11.3 Å². The lowest BCUT2D eigenvalue weighted by Crippen LogP contribution is -2.14. The quantitative estimate of drug-likeness (QED) is 0.607. The van der Waals surface area contributed by atoms with Gasteiger partial charge in [0.15, 0.2) is 11.5 Å². The van der Waals surface area contributed by atoms with Gasteiger partial charge in [-0.2, -0.15) is 5.26 Å². The molecule has 0 radical (unpaired) electrons. The number of rotatable bonds is 7. The average molecular weight is 266 g/mol. The summed E-state index contributed by atoms with van der Waals surface area (Å²) in [5.74, 6) is 1.47. The van der Waals surface area contributed by atoms with Gasteiger partial charge in [0, 0.05) is 24.4 Å². The van der Waals surface area contributed by atoms with E-state index in [1.807, 2.05) is 18.4 Å². The smallest absolute Gasteiger partial charge is 0.161 e. The summed E-state index contributed by atoms with van der Waals surface area (Å²) in [5, 5.41) is 11.7. The molecular formula is C13H18N2O2S. The van der Waals surface area contributed by atoms with E-state index in [0.29, 0.717) is 13.0 Å². The highest BCUT2D eigenvalue weighted by Gasteiger charge is 2.10. The lowest BCUT2D eigenvalue weighted by Gasteiger charge is -2.14. The Morgan fingerprint density at radius 3 is 2.50 bits per heavy atom. The summed E-state index contributed by atoms with van der Waals surface area (Å²) in [4.78, 5) is 1.15. The van der Waals surface area contributed by atoms with Crippen LogP contribution in [0.25, 0.3) is 0 Å². The number of hydrogen-bond acceptors (Lipinski definition) is 5. The number of nitriles is 1. The van der Waals surface area contributed by atoms with Crippen LogP contribution in [0.2, 0.25) is 0 Å². The van der Waals surface area contributed by atoms with Gasteiger partial charge in [0.05, 0.1) is 20.3 Å². The number of nitrogens with zero attached hydrogens (tertiary/aromatic N) is 1.